The lowest BCUT2D eigenvalue weighted by molar-refractivity contribution is -0.123. The van der Waals surface area contributed by atoms with Gasteiger partial charge in [-0.1, -0.05) is 36.0 Å². The van der Waals surface area contributed by atoms with Crippen molar-refractivity contribution in [2.75, 3.05) is 26.0 Å². The van der Waals surface area contributed by atoms with Gasteiger partial charge in [0.1, 0.15) is 11.3 Å². The van der Waals surface area contributed by atoms with Crippen molar-refractivity contribution in [3.05, 3.63) is 59.0 Å². The summed E-state index contributed by atoms with van der Waals surface area (Å²) in [6.07, 6.45) is 1.67. The third kappa shape index (κ3) is 5.14. The van der Waals surface area contributed by atoms with Crippen molar-refractivity contribution in [3.63, 3.8) is 0 Å². The monoisotopic (exact) mass is 469 g/mol. The van der Waals surface area contributed by atoms with E-state index in [0.717, 1.165) is 27.7 Å². The maximum absolute atomic E-state index is 12.6. The fourth-order valence-electron chi connectivity index (χ4n) is 2.94. The molecule has 2 aromatic carbocycles. The summed E-state index contributed by atoms with van der Waals surface area (Å²) in [5, 5.41) is 2.77. The van der Waals surface area contributed by atoms with Crippen LogP contribution in [0.1, 0.15) is 5.56 Å². The minimum absolute atomic E-state index is 0.101. The molecular formula is C22H19N3O5S2. The topological polar surface area (TPSA) is 102 Å². The first-order valence-corrected chi connectivity index (χ1v) is 11.5. The van der Waals surface area contributed by atoms with Crippen LogP contribution in [0.4, 0.5) is 4.79 Å². The number of carbonyl (C=O) groups excluding carboxylic acids is 3. The summed E-state index contributed by atoms with van der Waals surface area (Å²) >= 11 is 2.07. The lowest BCUT2D eigenvalue weighted by Crippen LogP contribution is -2.37. The van der Waals surface area contributed by atoms with E-state index >= 15 is 0 Å². The van der Waals surface area contributed by atoms with E-state index in [4.69, 9.17) is 9.15 Å². The van der Waals surface area contributed by atoms with Gasteiger partial charge in [0.25, 0.3) is 16.4 Å². The molecule has 2 heterocycles. The lowest BCUT2D eigenvalue weighted by atomic mass is 10.2. The Morgan fingerprint density at radius 3 is 2.75 bits per heavy atom. The number of ether oxygens (including phenoxy) is 1. The predicted molar refractivity (Wildman–Crippen MR) is 123 cm³/mol. The summed E-state index contributed by atoms with van der Waals surface area (Å²) < 4.78 is 10.7. The molecule has 1 aliphatic rings. The van der Waals surface area contributed by atoms with Crippen LogP contribution in [0.3, 0.4) is 0 Å². The van der Waals surface area contributed by atoms with Crippen LogP contribution in [-0.2, 0) is 9.59 Å². The number of methoxy groups -OCH3 is 1. The van der Waals surface area contributed by atoms with Crippen LogP contribution in [0.25, 0.3) is 17.2 Å². The molecule has 1 aliphatic heterocycles. The van der Waals surface area contributed by atoms with Gasteiger partial charge in [-0.3, -0.25) is 19.3 Å². The number of amides is 3. The molecule has 1 fully saturated rings. The molecule has 0 saturated carbocycles. The van der Waals surface area contributed by atoms with Gasteiger partial charge in [-0.25, -0.2) is 4.98 Å². The maximum Gasteiger partial charge on any atom is 0.293 e. The van der Waals surface area contributed by atoms with Gasteiger partial charge in [-0.2, -0.15) is 0 Å². The van der Waals surface area contributed by atoms with Crippen LogP contribution in [0, 0.1) is 0 Å². The average molecular weight is 470 g/mol. The Hall–Kier alpha value is -3.24. The van der Waals surface area contributed by atoms with Crippen molar-refractivity contribution >= 4 is 57.8 Å². The average Bonchev–Trinajstić information content (AvgIpc) is 3.34. The summed E-state index contributed by atoms with van der Waals surface area (Å²) in [4.78, 5) is 42.7. The van der Waals surface area contributed by atoms with Gasteiger partial charge >= 0.3 is 0 Å². The maximum atomic E-state index is 12.6. The molecule has 10 heteroatoms. The predicted octanol–water partition coefficient (Wildman–Crippen LogP) is 3.78. The van der Waals surface area contributed by atoms with Crippen LogP contribution < -0.4 is 10.1 Å². The fourth-order valence-corrected chi connectivity index (χ4v) is 4.48. The Bertz CT molecular complexity index is 1160. The van der Waals surface area contributed by atoms with Gasteiger partial charge in [-0.15, -0.1) is 0 Å². The molecule has 0 unspecified atom stereocenters. The van der Waals surface area contributed by atoms with E-state index in [-0.39, 0.29) is 35.9 Å². The number of para-hydroxylation sites is 2. The number of aromatic nitrogens is 1. The van der Waals surface area contributed by atoms with Crippen LogP contribution >= 0.6 is 23.5 Å². The first kappa shape index (κ1) is 22.0. The second kappa shape index (κ2) is 9.92. The van der Waals surface area contributed by atoms with Crippen molar-refractivity contribution < 1.29 is 23.5 Å². The summed E-state index contributed by atoms with van der Waals surface area (Å²) in [5.41, 5.74) is 2.19. The van der Waals surface area contributed by atoms with E-state index in [1.165, 1.54) is 11.8 Å². The number of fused-ring (bicyclic) bond motifs is 1. The summed E-state index contributed by atoms with van der Waals surface area (Å²) in [6, 6.07) is 14.5. The summed E-state index contributed by atoms with van der Waals surface area (Å²) in [7, 11) is 1.58. The number of thioether (sulfide) groups is 2. The molecule has 0 spiro atoms. The molecule has 3 amide bonds. The van der Waals surface area contributed by atoms with Gasteiger partial charge in [-0.05, 0) is 47.7 Å². The number of rotatable bonds is 8. The van der Waals surface area contributed by atoms with E-state index < -0.39 is 0 Å². The summed E-state index contributed by atoms with van der Waals surface area (Å²) in [5.74, 6) is 0.218. The smallest absolute Gasteiger partial charge is 0.293 e. The van der Waals surface area contributed by atoms with Gasteiger partial charge < -0.3 is 14.5 Å². The zero-order valence-corrected chi connectivity index (χ0v) is 18.7. The van der Waals surface area contributed by atoms with E-state index in [1.807, 2.05) is 36.4 Å². The highest BCUT2D eigenvalue weighted by atomic mass is 32.2. The molecule has 164 valence electrons. The van der Waals surface area contributed by atoms with E-state index in [1.54, 1.807) is 25.3 Å². The molecule has 0 atom stereocenters. The first-order chi connectivity index (χ1) is 15.5. The number of nitrogens with zero attached hydrogens (tertiary/aromatic N) is 2. The lowest BCUT2D eigenvalue weighted by Gasteiger charge is -2.12. The van der Waals surface area contributed by atoms with Crippen molar-refractivity contribution in [2.24, 2.45) is 0 Å². The van der Waals surface area contributed by atoms with Crippen LogP contribution in [0.5, 0.6) is 5.75 Å². The van der Waals surface area contributed by atoms with Crippen molar-refractivity contribution in [1.82, 2.24) is 15.2 Å². The van der Waals surface area contributed by atoms with Gasteiger partial charge in [0.2, 0.25) is 5.91 Å². The number of oxazole rings is 1. The zero-order valence-electron chi connectivity index (χ0n) is 17.1. The van der Waals surface area contributed by atoms with Crippen molar-refractivity contribution in [1.29, 1.82) is 0 Å². The minimum atomic E-state index is -0.370. The van der Waals surface area contributed by atoms with Crippen LogP contribution in [0.2, 0.25) is 0 Å². The Kier molecular flexibility index (Phi) is 6.81. The SMILES string of the molecule is COc1ccc(C=C2SC(=O)N(CCNC(=O)CSc3nc4ccccc4o3)C2=O)cc1. The molecule has 8 nitrogen and oxygen atoms in total. The van der Waals surface area contributed by atoms with Gasteiger partial charge in [0.05, 0.1) is 17.8 Å². The third-order valence-electron chi connectivity index (χ3n) is 4.55. The molecule has 1 aromatic heterocycles. The normalized spacial score (nSPS) is 15.0. The summed E-state index contributed by atoms with van der Waals surface area (Å²) in [6.45, 7) is 0.269. The Morgan fingerprint density at radius 2 is 2.00 bits per heavy atom. The molecule has 3 aromatic rings. The Balaban J connectivity index is 1.25. The molecular weight excluding hydrogens is 450 g/mol. The minimum Gasteiger partial charge on any atom is -0.497 e. The number of carbonyl (C=O) groups is 3. The number of hydrogen-bond acceptors (Lipinski definition) is 8. The number of imide groups is 1. The van der Waals surface area contributed by atoms with Crippen LogP contribution in [-0.4, -0.2) is 52.9 Å². The van der Waals surface area contributed by atoms with Crippen molar-refractivity contribution in [2.45, 2.75) is 5.22 Å². The van der Waals surface area contributed by atoms with Crippen LogP contribution in [0.15, 0.2) is 63.1 Å². The number of hydrogen-bond donors (Lipinski definition) is 1. The van der Waals surface area contributed by atoms with Crippen molar-refractivity contribution in [3.8, 4) is 5.75 Å². The number of nitrogens with one attached hydrogen (secondary N) is 1. The Labute approximate surface area is 192 Å². The van der Waals surface area contributed by atoms with E-state index in [2.05, 4.69) is 10.3 Å². The zero-order chi connectivity index (χ0) is 22.5. The highest BCUT2D eigenvalue weighted by molar-refractivity contribution is 8.18. The quantitative estimate of drug-likeness (QED) is 0.393. The molecule has 0 bridgehead atoms. The first-order valence-electron chi connectivity index (χ1n) is 9.68. The molecule has 0 radical (unpaired) electrons. The second-order valence-electron chi connectivity index (χ2n) is 6.69. The highest BCUT2D eigenvalue weighted by Crippen LogP contribution is 2.32. The van der Waals surface area contributed by atoms with Gasteiger partial charge in [0.15, 0.2) is 5.58 Å². The molecule has 1 saturated heterocycles. The molecule has 0 aliphatic carbocycles. The highest BCUT2D eigenvalue weighted by Gasteiger charge is 2.34. The molecule has 1 N–H and O–H groups in total. The Morgan fingerprint density at radius 1 is 1.22 bits per heavy atom. The largest absolute Gasteiger partial charge is 0.497 e. The van der Waals surface area contributed by atoms with E-state index in [0.29, 0.717) is 21.5 Å². The standard InChI is InChI=1S/C22H19N3O5S2/c1-29-15-8-6-14(7-9-15)12-18-20(27)25(22(28)32-18)11-10-23-19(26)13-31-21-24-16-4-2-3-5-17(16)30-21/h2-9,12H,10-11,13H2,1H3,(H,23,26). The molecule has 4 rings (SSSR count). The number of benzene rings is 2. The third-order valence-corrected chi connectivity index (χ3v) is 6.28. The van der Waals surface area contributed by atoms with Gasteiger partial charge in [0, 0.05) is 13.1 Å². The van der Waals surface area contributed by atoms with E-state index in [9.17, 15) is 14.4 Å². The second-order valence-corrected chi connectivity index (χ2v) is 8.61. The fraction of sp³-hybridized carbons (Fsp3) is 0.182. The molecule has 32 heavy (non-hydrogen) atoms.